The molecule has 0 aromatic heterocycles. The van der Waals surface area contributed by atoms with Gasteiger partial charge in [0.15, 0.2) is 0 Å². The summed E-state index contributed by atoms with van der Waals surface area (Å²) in [6.07, 6.45) is 1.00. The molecule has 3 nitrogen and oxygen atoms in total. The lowest BCUT2D eigenvalue weighted by atomic mass is 9.86. The first-order chi connectivity index (χ1) is 8.55. The number of rotatable bonds is 2. The predicted octanol–water partition coefficient (Wildman–Crippen LogP) is 2.36. The number of likely N-dealkylation sites (tertiary alicyclic amines) is 1. The molecule has 4 heteroatoms. The highest BCUT2D eigenvalue weighted by Gasteiger charge is 2.35. The highest BCUT2D eigenvalue weighted by molar-refractivity contribution is 5.89. The van der Waals surface area contributed by atoms with Crippen LogP contribution in [0, 0.1) is 0 Å². The van der Waals surface area contributed by atoms with E-state index in [-0.39, 0.29) is 0 Å². The van der Waals surface area contributed by atoms with Crippen LogP contribution >= 0.6 is 0 Å². The van der Waals surface area contributed by atoms with E-state index in [1.807, 2.05) is 7.05 Å². The monoisotopic (exact) mass is 251 g/mol. The van der Waals surface area contributed by atoms with Gasteiger partial charge in [-0.25, -0.2) is 9.18 Å². The first-order valence-corrected chi connectivity index (χ1v) is 6.11. The molecule has 1 saturated heterocycles. The Hall–Kier alpha value is -1.42. The van der Waals surface area contributed by atoms with Crippen LogP contribution in [0.4, 0.5) is 4.39 Å². The predicted molar refractivity (Wildman–Crippen MR) is 67.3 cm³/mol. The molecule has 0 amide bonds. The maximum absolute atomic E-state index is 14.8. The van der Waals surface area contributed by atoms with Crippen LogP contribution in [0.1, 0.15) is 28.8 Å². The summed E-state index contributed by atoms with van der Waals surface area (Å²) in [7, 11) is 3.34. The van der Waals surface area contributed by atoms with Gasteiger partial charge in [0.05, 0.1) is 12.7 Å². The number of piperidine rings is 1. The molecule has 1 heterocycles. The molecule has 0 bridgehead atoms. The molecule has 0 atom stereocenters. The summed E-state index contributed by atoms with van der Waals surface area (Å²) in [4.78, 5) is 13.4. The lowest BCUT2D eigenvalue weighted by molar-refractivity contribution is 0.0597. The number of nitrogens with zero attached hydrogens (tertiary/aromatic N) is 1. The summed E-state index contributed by atoms with van der Waals surface area (Å²) in [5.41, 5.74) is -0.151. The highest BCUT2D eigenvalue weighted by atomic mass is 19.1. The van der Waals surface area contributed by atoms with Crippen LogP contribution in [-0.2, 0) is 10.4 Å². The van der Waals surface area contributed by atoms with Crippen LogP contribution in [0.15, 0.2) is 24.3 Å². The third-order valence-corrected chi connectivity index (χ3v) is 3.60. The van der Waals surface area contributed by atoms with E-state index in [1.54, 1.807) is 24.3 Å². The van der Waals surface area contributed by atoms with Crippen molar-refractivity contribution in [2.75, 3.05) is 27.2 Å². The summed E-state index contributed by atoms with van der Waals surface area (Å²) in [5.74, 6) is -0.391. The Balaban J connectivity index is 2.16. The van der Waals surface area contributed by atoms with E-state index >= 15 is 0 Å². The van der Waals surface area contributed by atoms with Gasteiger partial charge >= 0.3 is 5.97 Å². The van der Waals surface area contributed by atoms with Gasteiger partial charge < -0.3 is 9.64 Å². The smallest absolute Gasteiger partial charge is 0.337 e. The lowest BCUT2D eigenvalue weighted by Crippen LogP contribution is -2.37. The molecule has 98 valence electrons. The van der Waals surface area contributed by atoms with Crippen LogP contribution < -0.4 is 0 Å². The number of halogens is 1. The van der Waals surface area contributed by atoms with Gasteiger partial charge in [0.2, 0.25) is 0 Å². The van der Waals surface area contributed by atoms with Crippen molar-refractivity contribution in [3.05, 3.63) is 35.4 Å². The van der Waals surface area contributed by atoms with E-state index in [1.165, 1.54) is 7.11 Å². The minimum absolute atomic E-state index is 0.391. The summed E-state index contributed by atoms with van der Waals surface area (Å²) in [6, 6.07) is 6.64. The number of methoxy groups -OCH3 is 1. The number of ether oxygens (including phenoxy) is 1. The quantitative estimate of drug-likeness (QED) is 0.756. The molecule has 18 heavy (non-hydrogen) atoms. The van der Waals surface area contributed by atoms with Gasteiger partial charge in [-0.05, 0) is 37.6 Å². The van der Waals surface area contributed by atoms with Crippen LogP contribution in [-0.4, -0.2) is 38.1 Å². The van der Waals surface area contributed by atoms with Crippen molar-refractivity contribution in [2.45, 2.75) is 18.5 Å². The van der Waals surface area contributed by atoms with E-state index in [9.17, 15) is 9.18 Å². The van der Waals surface area contributed by atoms with Crippen LogP contribution in [0.3, 0.4) is 0 Å². The zero-order valence-corrected chi connectivity index (χ0v) is 10.8. The van der Waals surface area contributed by atoms with Crippen molar-refractivity contribution in [3.8, 4) is 0 Å². The summed E-state index contributed by atoms with van der Waals surface area (Å²) >= 11 is 0. The molecular weight excluding hydrogens is 233 g/mol. The summed E-state index contributed by atoms with van der Waals surface area (Å²) < 4.78 is 19.4. The Bertz CT molecular complexity index is 422. The second-order valence-corrected chi connectivity index (χ2v) is 4.84. The first kappa shape index (κ1) is 13.0. The molecule has 0 spiro atoms. The number of hydrogen-bond donors (Lipinski definition) is 0. The van der Waals surface area contributed by atoms with Crippen molar-refractivity contribution in [3.63, 3.8) is 0 Å². The van der Waals surface area contributed by atoms with Gasteiger partial charge in [-0.1, -0.05) is 12.1 Å². The molecule has 0 radical (unpaired) electrons. The van der Waals surface area contributed by atoms with E-state index in [0.717, 1.165) is 13.1 Å². The standard InChI is InChI=1S/C14H18FNO2/c1-16-9-7-14(15,8-10-16)12-5-3-11(4-6-12)13(17)18-2/h3-6H,7-10H2,1-2H3. The van der Waals surface area contributed by atoms with Gasteiger partial charge in [0.1, 0.15) is 5.67 Å². The SMILES string of the molecule is COC(=O)c1ccc(C2(F)CCN(C)CC2)cc1. The fourth-order valence-electron chi connectivity index (χ4n) is 2.28. The van der Waals surface area contributed by atoms with Crippen LogP contribution in [0.2, 0.25) is 0 Å². The number of carbonyl (C=O) groups is 1. The molecule has 1 aliphatic heterocycles. The minimum atomic E-state index is -1.26. The van der Waals surface area contributed by atoms with Crippen LogP contribution in [0.25, 0.3) is 0 Å². The summed E-state index contributed by atoms with van der Waals surface area (Å²) in [6.45, 7) is 1.52. The van der Waals surface area contributed by atoms with E-state index in [2.05, 4.69) is 9.64 Å². The normalized spacial score (nSPS) is 19.5. The molecule has 2 rings (SSSR count). The van der Waals surface area contributed by atoms with E-state index in [0.29, 0.717) is 24.0 Å². The third kappa shape index (κ3) is 2.53. The Kier molecular flexibility index (Phi) is 3.66. The minimum Gasteiger partial charge on any atom is -0.465 e. The number of carbonyl (C=O) groups excluding carboxylic acids is 1. The van der Waals surface area contributed by atoms with Crippen molar-refractivity contribution in [2.24, 2.45) is 0 Å². The highest BCUT2D eigenvalue weighted by Crippen LogP contribution is 2.36. The second-order valence-electron chi connectivity index (χ2n) is 4.84. The van der Waals surface area contributed by atoms with E-state index < -0.39 is 11.6 Å². The van der Waals surface area contributed by atoms with Crippen molar-refractivity contribution in [1.82, 2.24) is 4.90 Å². The van der Waals surface area contributed by atoms with Crippen molar-refractivity contribution >= 4 is 5.97 Å². The Labute approximate surface area is 107 Å². The Morgan fingerprint density at radius 1 is 1.28 bits per heavy atom. The van der Waals surface area contributed by atoms with Crippen molar-refractivity contribution in [1.29, 1.82) is 0 Å². The number of hydrogen-bond acceptors (Lipinski definition) is 3. The Morgan fingerprint density at radius 3 is 2.33 bits per heavy atom. The first-order valence-electron chi connectivity index (χ1n) is 6.11. The fourth-order valence-corrected chi connectivity index (χ4v) is 2.28. The Morgan fingerprint density at radius 2 is 1.83 bits per heavy atom. The third-order valence-electron chi connectivity index (χ3n) is 3.60. The zero-order valence-electron chi connectivity index (χ0n) is 10.8. The van der Waals surface area contributed by atoms with Gasteiger partial charge in [-0.3, -0.25) is 0 Å². The molecule has 0 N–H and O–H groups in total. The fraction of sp³-hybridized carbons (Fsp3) is 0.500. The molecule has 0 aliphatic carbocycles. The average Bonchev–Trinajstić information content (AvgIpc) is 2.41. The number of alkyl halides is 1. The maximum Gasteiger partial charge on any atom is 0.337 e. The largest absolute Gasteiger partial charge is 0.465 e. The van der Waals surface area contributed by atoms with Gasteiger partial charge in [-0.2, -0.15) is 0 Å². The zero-order chi connectivity index (χ0) is 13.2. The maximum atomic E-state index is 14.8. The van der Waals surface area contributed by atoms with Crippen LogP contribution in [0.5, 0.6) is 0 Å². The number of esters is 1. The molecule has 1 aromatic rings. The molecule has 0 saturated carbocycles. The second kappa shape index (κ2) is 5.06. The average molecular weight is 251 g/mol. The molecule has 1 fully saturated rings. The molecule has 0 unspecified atom stereocenters. The van der Waals surface area contributed by atoms with Gasteiger partial charge in [0.25, 0.3) is 0 Å². The van der Waals surface area contributed by atoms with Gasteiger partial charge in [0, 0.05) is 13.1 Å². The molecule has 1 aromatic carbocycles. The molecule has 1 aliphatic rings. The topological polar surface area (TPSA) is 29.5 Å². The van der Waals surface area contributed by atoms with Crippen molar-refractivity contribution < 1.29 is 13.9 Å². The van der Waals surface area contributed by atoms with Gasteiger partial charge in [-0.15, -0.1) is 0 Å². The molecular formula is C14H18FNO2. The summed E-state index contributed by atoms with van der Waals surface area (Å²) in [5, 5.41) is 0. The lowest BCUT2D eigenvalue weighted by Gasteiger charge is -2.34. The number of benzene rings is 1. The van der Waals surface area contributed by atoms with E-state index in [4.69, 9.17) is 0 Å².